The van der Waals surface area contributed by atoms with E-state index in [2.05, 4.69) is 32.6 Å². The van der Waals surface area contributed by atoms with Crippen molar-refractivity contribution in [2.45, 2.75) is 4.90 Å². The molecule has 9 nitrogen and oxygen atoms in total. The van der Waals surface area contributed by atoms with Crippen LogP contribution in [0.4, 0.5) is 11.8 Å². The van der Waals surface area contributed by atoms with Gasteiger partial charge in [-0.05, 0) is 52.9 Å². The number of benzene rings is 2. The van der Waals surface area contributed by atoms with E-state index >= 15 is 0 Å². The maximum atomic E-state index is 12.9. The minimum atomic E-state index is -3.54. The molecule has 0 aliphatic carbocycles. The first-order valence-electron chi connectivity index (χ1n) is 9.53. The Kier molecular flexibility index (Phi) is 7.53. The van der Waals surface area contributed by atoms with Crippen molar-refractivity contribution >= 4 is 67.7 Å². The summed E-state index contributed by atoms with van der Waals surface area (Å²) in [6, 6.07) is 10.4. The molecule has 1 saturated heterocycles. The number of halogens is 2. The fraction of sp³-hybridized carbons (Fsp3) is 0.300. The van der Waals surface area contributed by atoms with Crippen molar-refractivity contribution in [2.24, 2.45) is 0 Å². The highest BCUT2D eigenvalue weighted by molar-refractivity contribution is 14.1. The number of hydrogen-bond donors (Lipinski definition) is 1. The lowest BCUT2D eigenvalue weighted by atomic mass is 10.2. The molecule has 0 saturated carbocycles. The Morgan fingerprint density at radius 3 is 2.16 bits per heavy atom. The van der Waals surface area contributed by atoms with Crippen LogP contribution in [0.15, 0.2) is 41.3 Å². The van der Waals surface area contributed by atoms with Gasteiger partial charge in [0.25, 0.3) is 0 Å². The van der Waals surface area contributed by atoms with Gasteiger partial charge < -0.3 is 20.1 Å². The van der Waals surface area contributed by atoms with Gasteiger partial charge in [-0.25, -0.2) is 13.4 Å². The highest BCUT2D eigenvalue weighted by atomic mass is 127. The Balaban J connectivity index is 0.00000289. The van der Waals surface area contributed by atoms with Crippen LogP contribution in [0.1, 0.15) is 0 Å². The van der Waals surface area contributed by atoms with Gasteiger partial charge in [-0.1, -0.05) is 0 Å². The van der Waals surface area contributed by atoms with Gasteiger partial charge in [-0.3, -0.25) is 0 Å². The Hall–Kier alpha value is -2.09. The van der Waals surface area contributed by atoms with Gasteiger partial charge in [-0.15, -0.1) is 12.4 Å². The molecule has 0 bridgehead atoms. The molecular formula is C20H23ClIN5O4S. The Morgan fingerprint density at radius 1 is 0.969 bits per heavy atom. The predicted octanol–water partition coefficient (Wildman–Crippen LogP) is 2.77. The number of rotatable bonds is 5. The van der Waals surface area contributed by atoms with Crippen LogP contribution in [0.2, 0.25) is 0 Å². The van der Waals surface area contributed by atoms with E-state index in [0.717, 1.165) is 3.57 Å². The quantitative estimate of drug-likeness (QED) is 0.451. The van der Waals surface area contributed by atoms with Crippen LogP contribution < -0.4 is 20.1 Å². The van der Waals surface area contributed by atoms with Crippen LogP contribution in [0.5, 0.6) is 11.5 Å². The molecule has 32 heavy (non-hydrogen) atoms. The number of fused-ring (bicyclic) bond motifs is 1. The summed E-state index contributed by atoms with van der Waals surface area (Å²) in [5.41, 5.74) is 6.82. The number of nitrogen functional groups attached to an aromatic ring is 1. The van der Waals surface area contributed by atoms with Crippen molar-refractivity contribution in [3.63, 3.8) is 0 Å². The molecule has 4 rings (SSSR count). The molecule has 2 aromatic carbocycles. The second-order valence-corrected chi connectivity index (χ2v) is 10.2. The summed E-state index contributed by atoms with van der Waals surface area (Å²) in [5, 5.41) is 0.668. The molecule has 2 N–H and O–H groups in total. The minimum absolute atomic E-state index is 0. The van der Waals surface area contributed by atoms with E-state index in [1.165, 1.54) is 4.31 Å². The zero-order valence-electron chi connectivity index (χ0n) is 17.5. The second-order valence-electron chi connectivity index (χ2n) is 6.98. The van der Waals surface area contributed by atoms with Crippen molar-refractivity contribution in [1.29, 1.82) is 0 Å². The first-order valence-corrected chi connectivity index (χ1v) is 12.1. The summed E-state index contributed by atoms with van der Waals surface area (Å²) in [4.78, 5) is 11.3. The Labute approximate surface area is 206 Å². The number of nitrogens with zero attached hydrogens (tertiary/aromatic N) is 4. The number of hydrogen-bond acceptors (Lipinski definition) is 8. The van der Waals surface area contributed by atoms with E-state index in [9.17, 15) is 8.42 Å². The monoisotopic (exact) mass is 591 g/mol. The van der Waals surface area contributed by atoms with Crippen LogP contribution in [0.3, 0.4) is 0 Å². The minimum Gasteiger partial charge on any atom is -0.493 e. The lowest BCUT2D eigenvalue weighted by Gasteiger charge is -2.34. The van der Waals surface area contributed by atoms with Crippen molar-refractivity contribution in [1.82, 2.24) is 14.3 Å². The van der Waals surface area contributed by atoms with Crippen molar-refractivity contribution in [3.05, 3.63) is 40.0 Å². The van der Waals surface area contributed by atoms with Crippen LogP contribution in [0, 0.1) is 3.57 Å². The van der Waals surface area contributed by atoms with Crippen molar-refractivity contribution < 1.29 is 17.9 Å². The molecule has 0 radical (unpaired) electrons. The number of methoxy groups -OCH3 is 2. The summed E-state index contributed by atoms with van der Waals surface area (Å²) in [6.45, 7) is 1.59. The molecule has 1 aromatic heterocycles. The molecule has 1 aliphatic heterocycles. The molecule has 0 spiro atoms. The Morgan fingerprint density at radius 2 is 1.56 bits per heavy atom. The normalized spacial score (nSPS) is 14.8. The third-order valence-electron chi connectivity index (χ3n) is 5.19. The zero-order chi connectivity index (χ0) is 22.2. The molecule has 2 heterocycles. The number of nitrogens with two attached hydrogens (primary N) is 1. The third-order valence-corrected chi connectivity index (χ3v) is 7.82. The average molecular weight is 592 g/mol. The maximum Gasteiger partial charge on any atom is 0.243 e. The van der Waals surface area contributed by atoms with Crippen LogP contribution in [0.25, 0.3) is 10.9 Å². The SMILES string of the molecule is COc1cc2nc(N3CCN(S(=O)(=O)c4ccc(I)cc4)CC3)nc(N)c2cc1OC.Cl. The van der Waals surface area contributed by atoms with E-state index in [4.69, 9.17) is 15.2 Å². The lowest BCUT2D eigenvalue weighted by molar-refractivity contribution is 0.356. The fourth-order valence-corrected chi connectivity index (χ4v) is 5.27. The van der Waals surface area contributed by atoms with Gasteiger partial charge in [0, 0.05) is 41.2 Å². The number of anilines is 2. The van der Waals surface area contributed by atoms with E-state index in [-0.39, 0.29) is 12.4 Å². The lowest BCUT2D eigenvalue weighted by Crippen LogP contribution is -2.49. The van der Waals surface area contributed by atoms with Gasteiger partial charge in [0.2, 0.25) is 16.0 Å². The van der Waals surface area contributed by atoms with E-state index < -0.39 is 10.0 Å². The smallest absolute Gasteiger partial charge is 0.243 e. The van der Waals surface area contributed by atoms with E-state index in [1.54, 1.807) is 50.6 Å². The molecule has 0 atom stereocenters. The number of ether oxygens (including phenoxy) is 2. The molecule has 12 heteroatoms. The molecule has 0 amide bonds. The van der Waals surface area contributed by atoms with Gasteiger partial charge in [0.1, 0.15) is 5.82 Å². The number of sulfonamides is 1. The molecular weight excluding hydrogens is 569 g/mol. The number of piperazine rings is 1. The summed E-state index contributed by atoms with van der Waals surface area (Å²) >= 11 is 2.15. The Bertz CT molecular complexity index is 1220. The first-order chi connectivity index (χ1) is 14.8. The topological polar surface area (TPSA) is 111 Å². The maximum absolute atomic E-state index is 12.9. The third kappa shape index (κ3) is 4.65. The van der Waals surface area contributed by atoms with Crippen LogP contribution in [-0.4, -0.2) is 63.1 Å². The van der Waals surface area contributed by atoms with Crippen molar-refractivity contribution in [3.8, 4) is 11.5 Å². The highest BCUT2D eigenvalue weighted by Crippen LogP contribution is 2.34. The van der Waals surface area contributed by atoms with Gasteiger partial charge in [0.05, 0.1) is 24.6 Å². The standard InChI is InChI=1S/C20H22IN5O4S.ClH/c1-29-17-11-15-16(12-18(17)30-2)23-20(24-19(15)22)25-7-9-26(10-8-25)31(27,28)14-5-3-13(21)4-6-14;/h3-6,11-12H,7-10H2,1-2H3,(H2,22,23,24);1H. The van der Waals surface area contributed by atoms with E-state index in [1.807, 2.05) is 4.90 Å². The van der Waals surface area contributed by atoms with Crippen LogP contribution in [-0.2, 0) is 10.0 Å². The van der Waals surface area contributed by atoms with Gasteiger partial charge >= 0.3 is 0 Å². The predicted molar refractivity (Wildman–Crippen MR) is 134 cm³/mol. The van der Waals surface area contributed by atoms with Crippen LogP contribution >= 0.6 is 35.0 Å². The largest absolute Gasteiger partial charge is 0.493 e. The summed E-state index contributed by atoms with van der Waals surface area (Å²) in [5.74, 6) is 1.89. The number of aromatic nitrogens is 2. The zero-order valence-corrected chi connectivity index (χ0v) is 21.3. The molecule has 3 aromatic rings. The fourth-order valence-electron chi connectivity index (χ4n) is 3.49. The summed E-state index contributed by atoms with van der Waals surface area (Å²) in [6.07, 6.45) is 0. The highest BCUT2D eigenvalue weighted by Gasteiger charge is 2.29. The van der Waals surface area contributed by atoms with E-state index in [0.29, 0.717) is 65.2 Å². The molecule has 1 fully saturated rings. The summed E-state index contributed by atoms with van der Waals surface area (Å²) < 4.78 is 39.0. The second kappa shape index (κ2) is 9.81. The molecule has 1 aliphatic rings. The van der Waals surface area contributed by atoms with Gasteiger partial charge in [-0.2, -0.15) is 9.29 Å². The summed E-state index contributed by atoms with van der Waals surface area (Å²) in [7, 11) is -0.424. The van der Waals surface area contributed by atoms with Gasteiger partial charge in [0.15, 0.2) is 11.5 Å². The molecule has 0 unspecified atom stereocenters. The molecule has 172 valence electrons. The van der Waals surface area contributed by atoms with Crippen molar-refractivity contribution in [2.75, 3.05) is 51.0 Å². The first kappa shape index (κ1) is 24.6. The average Bonchev–Trinajstić information content (AvgIpc) is 2.78.